The number of nitrogens with zero attached hydrogens (tertiary/aromatic N) is 1. The molecule has 1 heterocycles. The standard InChI is InChI=1S/C16H24N2O3S/c1-4-18(14-8-9-22(20,21)11-14)15(19)10-17-16-12(2)6-5-7-13(16)3/h5-7,14,17H,4,8-11H2,1-3H3. The largest absolute Gasteiger partial charge is 0.376 e. The quantitative estimate of drug-likeness (QED) is 0.896. The van der Waals surface area contributed by atoms with E-state index in [0.29, 0.717) is 13.0 Å². The highest BCUT2D eigenvalue weighted by molar-refractivity contribution is 7.91. The maximum Gasteiger partial charge on any atom is 0.242 e. The fraction of sp³-hybridized carbons (Fsp3) is 0.562. The molecule has 1 aliphatic rings. The SMILES string of the molecule is CCN(C(=O)CNc1c(C)cccc1C)C1CCS(=O)(=O)C1. The molecule has 5 nitrogen and oxygen atoms in total. The van der Waals surface area contributed by atoms with Crippen molar-refractivity contribution in [1.82, 2.24) is 4.90 Å². The minimum atomic E-state index is -2.98. The van der Waals surface area contributed by atoms with Gasteiger partial charge in [0.1, 0.15) is 0 Å². The Hall–Kier alpha value is -1.56. The van der Waals surface area contributed by atoms with E-state index in [1.807, 2.05) is 39.0 Å². The molecule has 1 N–H and O–H groups in total. The maximum atomic E-state index is 12.4. The molecule has 1 aromatic carbocycles. The van der Waals surface area contributed by atoms with Crippen molar-refractivity contribution in [3.05, 3.63) is 29.3 Å². The molecule has 1 aliphatic heterocycles. The van der Waals surface area contributed by atoms with E-state index in [2.05, 4.69) is 5.32 Å². The first-order valence-corrected chi connectivity index (χ1v) is 9.46. The molecule has 0 radical (unpaired) electrons. The Kier molecular flexibility index (Phi) is 5.11. The molecule has 1 unspecified atom stereocenters. The van der Waals surface area contributed by atoms with E-state index < -0.39 is 9.84 Å². The van der Waals surface area contributed by atoms with E-state index in [9.17, 15) is 13.2 Å². The molecule has 0 aromatic heterocycles. The predicted molar refractivity (Wildman–Crippen MR) is 88.9 cm³/mol. The molecule has 1 amide bonds. The molecule has 1 fully saturated rings. The third-order valence-electron chi connectivity index (χ3n) is 4.21. The third-order valence-corrected chi connectivity index (χ3v) is 5.96. The van der Waals surface area contributed by atoms with Crippen LogP contribution in [0.5, 0.6) is 0 Å². The smallest absolute Gasteiger partial charge is 0.242 e. The Morgan fingerprint density at radius 3 is 2.45 bits per heavy atom. The summed E-state index contributed by atoms with van der Waals surface area (Å²) in [6.45, 7) is 6.62. The monoisotopic (exact) mass is 324 g/mol. The average molecular weight is 324 g/mol. The molecule has 0 aliphatic carbocycles. The van der Waals surface area contributed by atoms with Crippen molar-refractivity contribution in [2.75, 3.05) is 29.9 Å². The topological polar surface area (TPSA) is 66.5 Å². The number of likely N-dealkylation sites (N-methyl/N-ethyl adjacent to an activating group) is 1. The minimum Gasteiger partial charge on any atom is -0.376 e. The lowest BCUT2D eigenvalue weighted by atomic mass is 10.1. The fourth-order valence-electron chi connectivity index (χ4n) is 3.02. The van der Waals surface area contributed by atoms with Crippen LogP contribution in [0.4, 0.5) is 5.69 Å². The van der Waals surface area contributed by atoms with Crippen LogP contribution in [0, 0.1) is 13.8 Å². The minimum absolute atomic E-state index is 0.0488. The third kappa shape index (κ3) is 3.80. The number of carbonyl (C=O) groups excluding carboxylic acids is 1. The first-order chi connectivity index (χ1) is 10.3. The zero-order chi connectivity index (χ0) is 16.3. The number of amides is 1. The number of rotatable bonds is 5. The highest BCUT2D eigenvalue weighted by atomic mass is 32.2. The number of hydrogen-bond donors (Lipinski definition) is 1. The Bertz CT molecular complexity index is 635. The second-order valence-electron chi connectivity index (χ2n) is 5.86. The summed E-state index contributed by atoms with van der Waals surface area (Å²) >= 11 is 0. The number of carbonyl (C=O) groups is 1. The van der Waals surface area contributed by atoms with E-state index in [1.54, 1.807) is 4.90 Å². The van der Waals surface area contributed by atoms with E-state index >= 15 is 0 Å². The van der Waals surface area contributed by atoms with Gasteiger partial charge in [-0.1, -0.05) is 18.2 Å². The highest BCUT2D eigenvalue weighted by Gasteiger charge is 2.33. The Morgan fingerprint density at radius 1 is 1.32 bits per heavy atom. The normalized spacial score (nSPS) is 19.9. The fourth-order valence-corrected chi connectivity index (χ4v) is 4.75. The lowest BCUT2D eigenvalue weighted by Crippen LogP contribution is -2.43. The summed E-state index contributed by atoms with van der Waals surface area (Å²) in [5, 5.41) is 3.20. The zero-order valence-electron chi connectivity index (χ0n) is 13.4. The van der Waals surface area contributed by atoms with Crippen LogP contribution in [0.15, 0.2) is 18.2 Å². The number of anilines is 1. The number of aryl methyl sites for hydroxylation is 2. The average Bonchev–Trinajstić information content (AvgIpc) is 2.79. The molecule has 2 rings (SSSR count). The predicted octanol–water partition coefficient (Wildman–Crippen LogP) is 1.75. The second kappa shape index (κ2) is 6.69. The van der Waals surface area contributed by atoms with Gasteiger partial charge in [-0.3, -0.25) is 4.79 Å². The summed E-state index contributed by atoms with van der Waals surface area (Å²) in [7, 11) is -2.98. The van der Waals surface area contributed by atoms with E-state index in [-0.39, 0.29) is 30.0 Å². The molecule has 0 bridgehead atoms. The Labute approximate surface area is 132 Å². The molecule has 22 heavy (non-hydrogen) atoms. The van der Waals surface area contributed by atoms with E-state index in [1.165, 1.54) is 0 Å². The molecule has 0 saturated carbocycles. The van der Waals surface area contributed by atoms with Crippen LogP contribution in [0.1, 0.15) is 24.5 Å². The molecule has 1 atom stereocenters. The summed E-state index contributed by atoms with van der Waals surface area (Å²) in [5.74, 6) is 0.231. The van der Waals surface area contributed by atoms with Gasteiger partial charge in [0.25, 0.3) is 0 Å². The summed E-state index contributed by atoms with van der Waals surface area (Å²) in [5.41, 5.74) is 3.17. The first-order valence-electron chi connectivity index (χ1n) is 7.64. The summed E-state index contributed by atoms with van der Waals surface area (Å²) in [4.78, 5) is 14.1. The van der Waals surface area contributed by atoms with Gasteiger partial charge < -0.3 is 10.2 Å². The highest BCUT2D eigenvalue weighted by Crippen LogP contribution is 2.20. The van der Waals surface area contributed by atoms with Crippen LogP contribution in [0.25, 0.3) is 0 Å². The lowest BCUT2D eigenvalue weighted by molar-refractivity contribution is -0.130. The zero-order valence-corrected chi connectivity index (χ0v) is 14.2. The van der Waals surface area contributed by atoms with Gasteiger partial charge in [-0.2, -0.15) is 0 Å². The van der Waals surface area contributed by atoms with Crippen molar-refractivity contribution in [3.63, 3.8) is 0 Å². The van der Waals surface area contributed by atoms with Crippen LogP contribution in [0.3, 0.4) is 0 Å². The number of hydrogen-bond acceptors (Lipinski definition) is 4. The number of para-hydroxylation sites is 1. The summed E-state index contributed by atoms with van der Waals surface area (Å²) in [6.07, 6.45) is 0.547. The maximum absolute atomic E-state index is 12.4. The van der Waals surface area contributed by atoms with E-state index in [0.717, 1.165) is 16.8 Å². The lowest BCUT2D eigenvalue weighted by Gasteiger charge is -2.27. The van der Waals surface area contributed by atoms with Gasteiger partial charge in [0.05, 0.1) is 18.1 Å². The number of benzene rings is 1. The number of sulfone groups is 1. The van der Waals surface area contributed by atoms with Gasteiger partial charge in [0.2, 0.25) is 5.91 Å². The number of nitrogens with one attached hydrogen (secondary N) is 1. The van der Waals surface area contributed by atoms with Crippen LogP contribution in [-0.2, 0) is 14.6 Å². The van der Waals surface area contributed by atoms with Crippen molar-refractivity contribution in [2.45, 2.75) is 33.2 Å². The Morgan fingerprint density at radius 2 is 1.95 bits per heavy atom. The molecular formula is C16H24N2O3S. The van der Waals surface area contributed by atoms with Gasteiger partial charge in [-0.15, -0.1) is 0 Å². The van der Waals surface area contributed by atoms with Crippen molar-refractivity contribution in [2.24, 2.45) is 0 Å². The van der Waals surface area contributed by atoms with Crippen molar-refractivity contribution < 1.29 is 13.2 Å². The molecule has 1 saturated heterocycles. The summed E-state index contributed by atoms with van der Waals surface area (Å²) in [6, 6.07) is 5.81. The summed E-state index contributed by atoms with van der Waals surface area (Å²) < 4.78 is 23.2. The molecule has 122 valence electrons. The van der Waals surface area contributed by atoms with Crippen molar-refractivity contribution in [3.8, 4) is 0 Å². The Balaban J connectivity index is 2.01. The molecule has 6 heteroatoms. The van der Waals surface area contributed by atoms with Crippen molar-refractivity contribution in [1.29, 1.82) is 0 Å². The van der Waals surface area contributed by atoms with Crippen LogP contribution in [-0.4, -0.2) is 49.9 Å². The van der Waals surface area contributed by atoms with E-state index in [4.69, 9.17) is 0 Å². The van der Waals surface area contributed by atoms with Crippen LogP contribution >= 0.6 is 0 Å². The first kappa shape index (κ1) is 16.8. The van der Waals surface area contributed by atoms with Gasteiger partial charge >= 0.3 is 0 Å². The van der Waals surface area contributed by atoms with Crippen LogP contribution in [0.2, 0.25) is 0 Å². The van der Waals surface area contributed by atoms with Gasteiger partial charge in [0.15, 0.2) is 9.84 Å². The van der Waals surface area contributed by atoms with Gasteiger partial charge in [-0.05, 0) is 38.3 Å². The van der Waals surface area contributed by atoms with Crippen molar-refractivity contribution >= 4 is 21.4 Å². The van der Waals surface area contributed by atoms with Gasteiger partial charge in [-0.25, -0.2) is 8.42 Å². The molecule has 1 aromatic rings. The van der Waals surface area contributed by atoms with Crippen LogP contribution < -0.4 is 5.32 Å². The van der Waals surface area contributed by atoms with Gasteiger partial charge in [0, 0.05) is 18.3 Å². The molecule has 0 spiro atoms. The molecular weight excluding hydrogens is 300 g/mol. The second-order valence-corrected chi connectivity index (χ2v) is 8.09.